The van der Waals surface area contributed by atoms with Crippen molar-refractivity contribution >= 4 is 26.2 Å². The maximum Gasteiger partial charge on any atom is 0.0808 e. The van der Waals surface area contributed by atoms with Gasteiger partial charge < -0.3 is 0 Å². The van der Waals surface area contributed by atoms with Crippen LogP contribution >= 0.6 is 15.9 Å². The average molecular weight is 134 g/mol. The van der Waals surface area contributed by atoms with Crippen LogP contribution < -0.4 is 0 Å². The molecule has 21 valence electrons. The van der Waals surface area contributed by atoms with Crippen molar-refractivity contribution in [2.45, 2.75) is 0 Å². The van der Waals surface area contributed by atoms with E-state index in [1.54, 1.807) is 0 Å². The standard InChI is InChI=1S/C2H2BrSi/c1-2(3)4/h1H2. The molecule has 0 atom stereocenters. The minimum absolute atomic E-state index is 0.785. The fourth-order valence-corrected chi connectivity index (χ4v) is 0. The molecule has 0 aromatic heterocycles. The Hall–Kier alpha value is 0.437. The second-order valence-corrected chi connectivity index (χ2v) is 2.70. The largest absolute Gasteiger partial charge is 0.0939 e. The quantitative estimate of drug-likeness (QED) is 0.434. The Balaban J connectivity index is 2.80. The lowest BCUT2D eigenvalue weighted by Crippen LogP contribution is -1.48. The Morgan fingerprint density at radius 1 is 2.00 bits per heavy atom. The van der Waals surface area contributed by atoms with E-state index in [1.165, 1.54) is 0 Å². The molecule has 0 nitrogen and oxygen atoms in total. The van der Waals surface area contributed by atoms with Gasteiger partial charge in [-0.1, -0.05) is 22.5 Å². The van der Waals surface area contributed by atoms with Crippen molar-refractivity contribution in [3.05, 3.63) is 10.7 Å². The zero-order valence-electron chi connectivity index (χ0n) is 2.09. The van der Waals surface area contributed by atoms with E-state index in [1.807, 2.05) is 0 Å². The lowest BCUT2D eigenvalue weighted by atomic mass is 11.3. The molecule has 0 heterocycles. The zero-order valence-corrected chi connectivity index (χ0v) is 4.67. The molecule has 0 aliphatic rings. The van der Waals surface area contributed by atoms with Gasteiger partial charge in [-0.3, -0.25) is 0 Å². The van der Waals surface area contributed by atoms with Crippen LogP contribution in [-0.4, -0.2) is 10.2 Å². The molecular formula is C2H2BrSi. The number of rotatable bonds is 0. The lowest BCUT2D eigenvalue weighted by Gasteiger charge is -1.60. The van der Waals surface area contributed by atoms with Gasteiger partial charge in [-0.2, -0.15) is 0 Å². The number of hydrogen-bond acceptors (Lipinski definition) is 0. The van der Waals surface area contributed by atoms with Crippen LogP contribution in [0, 0.1) is 0 Å². The van der Waals surface area contributed by atoms with Gasteiger partial charge in [0, 0.05) is 0 Å². The highest BCUT2D eigenvalue weighted by Gasteiger charge is 1.56. The fourth-order valence-electron chi connectivity index (χ4n) is 0. The van der Waals surface area contributed by atoms with E-state index in [2.05, 4.69) is 32.8 Å². The summed E-state index contributed by atoms with van der Waals surface area (Å²) in [5, 5.41) is 0. The maximum atomic E-state index is 3.39. The predicted octanol–water partition coefficient (Wildman–Crippen LogP) is 1.02. The summed E-state index contributed by atoms with van der Waals surface area (Å²) >= 11 is 2.99. The minimum atomic E-state index is 0.785. The van der Waals surface area contributed by atoms with Gasteiger partial charge in [-0.25, -0.2) is 0 Å². The number of halogens is 1. The third-order valence-electron chi connectivity index (χ3n) is 0. The summed E-state index contributed by atoms with van der Waals surface area (Å²) in [6.07, 6.45) is 0. The fraction of sp³-hybridized carbons (Fsp3) is 0. The molecule has 0 fully saturated rings. The molecule has 0 saturated heterocycles. The highest BCUT2D eigenvalue weighted by atomic mass is 79.9. The van der Waals surface area contributed by atoms with Crippen molar-refractivity contribution in [2.75, 3.05) is 0 Å². The summed E-state index contributed by atoms with van der Waals surface area (Å²) < 4.78 is 0.785. The Kier molecular flexibility index (Phi) is 1.92. The van der Waals surface area contributed by atoms with E-state index in [0.717, 1.165) is 4.11 Å². The molecule has 0 aliphatic carbocycles. The normalized spacial score (nSPS) is 6.50. The first-order chi connectivity index (χ1) is 1.73. The summed E-state index contributed by atoms with van der Waals surface area (Å²) in [6.45, 7) is 3.39. The van der Waals surface area contributed by atoms with Crippen molar-refractivity contribution in [1.82, 2.24) is 0 Å². The average Bonchev–Trinajstić information content (AvgIpc) is 0.811. The highest BCUT2D eigenvalue weighted by molar-refractivity contribution is 9.12. The van der Waals surface area contributed by atoms with Gasteiger partial charge in [0.1, 0.15) is 0 Å². The first-order valence-electron chi connectivity index (χ1n) is 0.793. The van der Waals surface area contributed by atoms with Crippen LogP contribution in [0.25, 0.3) is 0 Å². The first-order valence-corrected chi connectivity index (χ1v) is 2.09. The van der Waals surface area contributed by atoms with Gasteiger partial charge in [0.05, 0.1) is 10.2 Å². The summed E-state index contributed by atoms with van der Waals surface area (Å²) in [6, 6.07) is 0. The van der Waals surface area contributed by atoms with Gasteiger partial charge >= 0.3 is 0 Å². The summed E-state index contributed by atoms with van der Waals surface area (Å²) in [7, 11) is 3.03. The van der Waals surface area contributed by atoms with E-state index >= 15 is 0 Å². The van der Waals surface area contributed by atoms with Crippen LogP contribution in [0.5, 0.6) is 0 Å². The molecule has 0 unspecified atom stereocenters. The second kappa shape index (κ2) is 1.73. The molecule has 3 radical (unpaired) electrons. The Labute approximate surface area is 37.5 Å². The molecule has 0 N–H and O–H groups in total. The second-order valence-electron chi connectivity index (χ2n) is 0.405. The number of hydrogen-bond donors (Lipinski definition) is 0. The van der Waals surface area contributed by atoms with E-state index in [-0.39, 0.29) is 0 Å². The molecule has 0 aliphatic heterocycles. The molecule has 0 aromatic carbocycles. The van der Waals surface area contributed by atoms with Gasteiger partial charge in [0.15, 0.2) is 0 Å². The van der Waals surface area contributed by atoms with Crippen molar-refractivity contribution < 1.29 is 0 Å². The first kappa shape index (κ1) is 4.44. The minimum Gasteiger partial charge on any atom is -0.0939 e. The highest BCUT2D eigenvalue weighted by Crippen LogP contribution is 1.87. The molecule has 4 heavy (non-hydrogen) atoms. The molecule has 0 aromatic rings. The van der Waals surface area contributed by atoms with Crippen LogP contribution in [0.2, 0.25) is 0 Å². The molecular weight excluding hydrogens is 132 g/mol. The van der Waals surface area contributed by atoms with Gasteiger partial charge in [0.2, 0.25) is 0 Å². The van der Waals surface area contributed by atoms with Crippen LogP contribution in [-0.2, 0) is 0 Å². The smallest absolute Gasteiger partial charge is 0.0808 e. The maximum absolute atomic E-state index is 3.39. The summed E-state index contributed by atoms with van der Waals surface area (Å²) in [5.74, 6) is 0. The Morgan fingerprint density at radius 3 is 2.00 bits per heavy atom. The van der Waals surface area contributed by atoms with E-state index < -0.39 is 0 Å². The van der Waals surface area contributed by atoms with Crippen molar-refractivity contribution in [2.24, 2.45) is 0 Å². The molecule has 0 bridgehead atoms. The van der Waals surface area contributed by atoms with Crippen LogP contribution in [0.1, 0.15) is 0 Å². The summed E-state index contributed by atoms with van der Waals surface area (Å²) in [4.78, 5) is 0. The molecule has 0 saturated carbocycles. The third-order valence-corrected chi connectivity index (χ3v) is 0. The predicted molar refractivity (Wildman–Crippen MR) is 23.8 cm³/mol. The SMILES string of the molecule is C=C([Si])Br. The third kappa shape index (κ3) is 26.4. The monoisotopic (exact) mass is 133 g/mol. The van der Waals surface area contributed by atoms with E-state index in [9.17, 15) is 0 Å². The Morgan fingerprint density at radius 2 is 2.00 bits per heavy atom. The molecule has 2 heteroatoms. The topological polar surface area (TPSA) is 0 Å². The van der Waals surface area contributed by atoms with Crippen LogP contribution in [0.15, 0.2) is 10.7 Å². The molecule has 0 rings (SSSR count). The van der Waals surface area contributed by atoms with Gasteiger partial charge in [-0.05, 0) is 4.11 Å². The zero-order chi connectivity index (χ0) is 3.58. The molecule has 0 spiro atoms. The van der Waals surface area contributed by atoms with Crippen molar-refractivity contribution in [1.29, 1.82) is 0 Å². The van der Waals surface area contributed by atoms with E-state index in [4.69, 9.17) is 0 Å². The summed E-state index contributed by atoms with van der Waals surface area (Å²) in [5.41, 5.74) is 0. The van der Waals surface area contributed by atoms with Gasteiger partial charge in [-0.15, -0.1) is 0 Å². The van der Waals surface area contributed by atoms with E-state index in [0.29, 0.717) is 0 Å². The van der Waals surface area contributed by atoms with Crippen LogP contribution in [0.4, 0.5) is 0 Å². The lowest BCUT2D eigenvalue weighted by molar-refractivity contribution is 2.54. The van der Waals surface area contributed by atoms with Crippen LogP contribution in [0.3, 0.4) is 0 Å². The van der Waals surface area contributed by atoms with Crippen molar-refractivity contribution in [3.8, 4) is 0 Å². The van der Waals surface area contributed by atoms with Gasteiger partial charge in [0.25, 0.3) is 0 Å². The molecule has 0 amide bonds. The Bertz CT molecular complexity index is 29.0. The van der Waals surface area contributed by atoms with Crippen molar-refractivity contribution in [3.63, 3.8) is 0 Å².